The summed E-state index contributed by atoms with van der Waals surface area (Å²) in [5.74, 6) is 3.39. The molecule has 0 aliphatic heterocycles. The summed E-state index contributed by atoms with van der Waals surface area (Å²) in [5.41, 5.74) is 0. The number of rotatable bonds is 7. The Balaban J connectivity index is 1.61. The molecule has 1 aliphatic rings. The Labute approximate surface area is 171 Å². The average molecular weight is 405 g/mol. The second-order valence-corrected chi connectivity index (χ2v) is 7.65. The number of aromatic nitrogens is 3. The number of aliphatic imine (C=N–C) groups is 1. The number of ether oxygens (including phenoxy) is 1. The molecule has 1 saturated carbocycles. The fourth-order valence-electron chi connectivity index (χ4n) is 3.23. The van der Waals surface area contributed by atoms with Crippen LogP contribution in [0.4, 0.5) is 0 Å². The van der Waals surface area contributed by atoms with Crippen molar-refractivity contribution in [3.8, 4) is 5.75 Å². The molecule has 1 heterocycles. The molecule has 28 heavy (non-hydrogen) atoms. The third-order valence-electron chi connectivity index (χ3n) is 5.09. The van der Waals surface area contributed by atoms with Gasteiger partial charge in [0, 0.05) is 25.2 Å². The monoisotopic (exact) mass is 404 g/mol. The highest BCUT2D eigenvalue weighted by molar-refractivity contribution is 6.30. The summed E-state index contributed by atoms with van der Waals surface area (Å²) in [4.78, 5) is 6.91. The number of benzene rings is 1. The molecule has 0 radical (unpaired) electrons. The molecular weight excluding hydrogens is 376 g/mol. The lowest BCUT2D eigenvalue weighted by Gasteiger charge is -2.25. The van der Waals surface area contributed by atoms with Gasteiger partial charge in [0.15, 0.2) is 11.8 Å². The molecule has 152 valence electrons. The second kappa shape index (κ2) is 9.78. The second-order valence-electron chi connectivity index (χ2n) is 7.22. The number of halogens is 1. The van der Waals surface area contributed by atoms with Gasteiger partial charge in [-0.3, -0.25) is 0 Å². The quantitative estimate of drug-likeness (QED) is 0.567. The van der Waals surface area contributed by atoms with Gasteiger partial charge in [-0.25, -0.2) is 4.99 Å². The van der Waals surface area contributed by atoms with E-state index in [4.69, 9.17) is 21.3 Å². The molecule has 3 rings (SSSR count). The molecular formula is C20H29ClN6O. The van der Waals surface area contributed by atoms with E-state index in [1.54, 1.807) is 0 Å². The first-order valence-corrected chi connectivity index (χ1v) is 10.2. The molecule has 1 fully saturated rings. The number of nitrogens with zero attached hydrogens (tertiary/aromatic N) is 5. The zero-order valence-electron chi connectivity index (χ0n) is 16.9. The lowest BCUT2D eigenvalue weighted by molar-refractivity contribution is 0.280. The van der Waals surface area contributed by atoms with E-state index in [1.165, 1.54) is 25.7 Å². The number of nitrogens with one attached hydrogen (secondary N) is 1. The van der Waals surface area contributed by atoms with Gasteiger partial charge in [-0.05, 0) is 38.0 Å². The van der Waals surface area contributed by atoms with Crippen molar-refractivity contribution in [2.24, 2.45) is 12.0 Å². The third kappa shape index (κ3) is 5.61. The van der Waals surface area contributed by atoms with E-state index < -0.39 is 0 Å². The largest absolute Gasteiger partial charge is 0.492 e. The van der Waals surface area contributed by atoms with Gasteiger partial charge in [0.25, 0.3) is 0 Å². The first-order chi connectivity index (χ1) is 13.5. The van der Waals surface area contributed by atoms with Crippen molar-refractivity contribution in [3.05, 3.63) is 40.9 Å². The van der Waals surface area contributed by atoms with Crippen LogP contribution in [0.25, 0.3) is 0 Å². The Hall–Kier alpha value is -2.28. The predicted octanol–water partition coefficient (Wildman–Crippen LogP) is 3.18. The topological polar surface area (TPSA) is 67.6 Å². The smallest absolute Gasteiger partial charge is 0.194 e. The fraction of sp³-hybridized carbons (Fsp3) is 0.550. The van der Waals surface area contributed by atoms with Gasteiger partial charge < -0.3 is 19.5 Å². The molecule has 0 bridgehead atoms. The Kier molecular flexibility index (Phi) is 7.14. The van der Waals surface area contributed by atoms with Crippen LogP contribution >= 0.6 is 11.6 Å². The van der Waals surface area contributed by atoms with Crippen molar-refractivity contribution in [1.29, 1.82) is 0 Å². The van der Waals surface area contributed by atoms with Gasteiger partial charge in [-0.1, -0.05) is 30.5 Å². The van der Waals surface area contributed by atoms with Crippen molar-refractivity contribution >= 4 is 17.6 Å². The molecule has 0 unspecified atom stereocenters. The molecule has 1 aromatic heterocycles. The van der Waals surface area contributed by atoms with Crippen LogP contribution in [0, 0.1) is 6.92 Å². The summed E-state index contributed by atoms with van der Waals surface area (Å²) >= 11 is 6.01. The first kappa shape index (κ1) is 20.5. The lowest BCUT2D eigenvalue weighted by Crippen LogP contribution is -2.45. The molecule has 1 aliphatic carbocycles. The molecule has 1 aromatic carbocycles. The molecule has 0 atom stereocenters. The van der Waals surface area contributed by atoms with Crippen LogP contribution in [0.3, 0.4) is 0 Å². The highest BCUT2D eigenvalue weighted by Gasteiger charge is 2.18. The van der Waals surface area contributed by atoms with Crippen molar-refractivity contribution in [2.45, 2.75) is 45.2 Å². The molecule has 7 nitrogen and oxygen atoms in total. The molecule has 0 spiro atoms. The Morgan fingerprint density at radius 3 is 2.82 bits per heavy atom. The third-order valence-corrected chi connectivity index (χ3v) is 5.33. The van der Waals surface area contributed by atoms with Gasteiger partial charge in [-0.2, -0.15) is 0 Å². The predicted molar refractivity (Wildman–Crippen MR) is 112 cm³/mol. The van der Waals surface area contributed by atoms with Gasteiger partial charge in [0.05, 0.1) is 6.54 Å². The summed E-state index contributed by atoms with van der Waals surface area (Å²) in [6, 6.07) is 7.94. The number of aryl methyl sites for hydroxylation is 1. The maximum atomic E-state index is 6.01. The maximum absolute atomic E-state index is 6.01. The highest BCUT2D eigenvalue weighted by atomic mass is 35.5. The summed E-state index contributed by atoms with van der Waals surface area (Å²) in [6.07, 6.45) is 4.92. The van der Waals surface area contributed by atoms with Crippen molar-refractivity contribution in [1.82, 2.24) is 25.0 Å². The summed E-state index contributed by atoms with van der Waals surface area (Å²) < 4.78 is 7.80. The summed E-state index contributed by atoms with van der Waals surface area (Å²) in [6.45, 7) is 3.69. The SMILES string of the molecule is Cc1nnc(CN=C(NC2CCCC2)N(C)CCOc2cccc(Cl)c2)n1C. The van der Waals surface area contributed by atoms with Crippen LogP contribution < -0.4 is 10.1 Å². The van der Waals surface area contributed by atoms with Gasteiger partial charge in [0.1, 0.15) is 24.7 Å². The molecule has 2 aromatic rings. The van der Waals surface area contributed by atoms with Crippen molar-refractivity contribution < 1.29 is 4.74 Å². The number of guanidine groups is 1. The molecule has 8 heteroatoms. The van der Waals surface area contributed by atoms with E-state index in [0.717, 1.165) is 23.4 Å². The summed E-state index contributed by atoms with van der Waals surface area (Å²) in [5, 5.41) is 12.6. The Morgan fingerprint density at radius 1 is 1.36 bits per heavy atom. The lowest BCUT2D eigenvalue weighted by atomic mass is 10.2. The highest BCUT2D eigenvalue weighted by Crippen LogP contribution is 2.18. The molecule has 0 amide bonds. The number of hydrogen-bond donors (Lipinski definition) is 1. The van der Waals surface area contributed by atoms with E-state index in [2.05, 4.69) is 20.4 Å². The normalized spacial score (nSPS) is 15.1. The van der Waals surface area contributed by atoms with E-state index >= 15 is 0 Å². The molecule has 0 saturated heterocycles. The Morgan fingerprint density at radius 2 is 2.14 bits per heavy atom. The van der Waals surface area contributed by atoms with E-state index in [-0.39, 0.29) is 0 Å². The summed E-state index contributed by atoms with van der Waals surface area (Å²) in [7, 11) is 4.00. The maximum Gasteiger partial charge on any atom is 0.194 e. The van der Waals surface area contributed by atoms with Crippen LogP contribution in [0.15, 0.2) is 29.3 Å². The average Bonchev–Trinajstić information content (AvgIpc) is 3.30. The van der Waals surface area contributed by atoms with Crippen LogP contribution in [0.2, 0.25) is 5.02 Å². The van der Waals surface area contributed by atoms with Crippen molar-refractivity contribution in [3.63, 3.8) is 0 Å². The van der Waals surface area contributed by atoms with Crippen LogP contribution in [0.1, 0.15) is 37.3 Å². The minimum absolute atomic E-state index is 0.483. The standard InChI is InChI=1S/C20H29ClN6O/c1-15-24-25-19(27(15)3)14-22-20(23-17-8-4-5-9-17)26(2)11-12-28-18-10-6-7-16(21)13-18/h6-7,10,13,17H,4-5,8-9,11-12,14H2,1-3H3,(H,22,23). The van der Waals surface area contributed by atoms with Gasteiger partial charge in [0.2, 0.25) is 0 Å². The fourth-order valence-corrected chi connectivity index (χ4v) is 3.41. The van der Waals surface area contributed by atoms with Crippen molar-refractivity contribution in [2.75, 3.05) is 20.2 Å². The van der Waals surface area contributed by atoms with Crippen LogP contribution in [0.5, 0.6) is 5.75 Å². The van der Waals surface area contributed by atoms with E-state index in [9.17, 15) is 0 Å². The Bertz CT molecular complexity index is 800. The van der Waals surface area contributed by atoms with Crippen LogP contribution in [-0.2, 0) is 13.6 Å². The number of hydrogen-bond acceptors (Lipinski definition) is 4. The first-order valence-electron chi connectivity index (χ1n) is 9.78. The van der Waals surface area contributed by atoms with E-state index in [0.29, 0.717) is 30.8 Å². The zero-order valence-corrected chi connectivity index (χ0v) is 17.6. The van der Waals surface area contributed by atoms with Crippen LogP contribution in [-0.4, -0.2) is 51.9 Å². The number of likely N-dealkylation sites (N-methyl/N-ethyl adjacent to an activating group) is 1. The molecule has 1 N–H and O–H groups in total. The minimum Gasteiger partial charge on any atom is -0.492 e. The zero-order chi connectivity index (χ0) is 19.9. The minimum atomic E-state index is 0.483. The van der Waals surface area contributed by atoms with Gasteiger partial charge >= 0.3 is 0 Å². The van der Waals surface area contributed by atoms with Gasteiger partial charge in [-0.15, -0.1) is 10.2 Å². The van der Waals surface area contributed by atoms with E-state index in [1.807, 2.05) is 49.9 Å².